The first-order chi connectivity index (χ1) is 7.25. The van der Waals surface area contributed by atoms with Crippen molar-refractivity contribution in [3.63, 3.8) is 0 Å². The Kier molecular flexibility index (Phi) is 3.21. The van der Waals surface area contributed by atoms with E-state index in [1.165, 1.54) is 0 Å². The zero-order valence-corrected chi connectivity index (χ0v) is 8.96. The van der Waals surface area contributed by atoms with E-state index in [0.29, 0.717) is 6.04 Å². The molecule has 15 heavy (non-hydrogen) atoms. The second kappa shape index (κ2) is 4.62. The highest BCUT2D eigenvalue weighted by molar-refractivity contribution is 5.46. The molecule has 0 radical (unpaired) electrons. The summed E-state index contributed by atoms with van der Waals surface area (Å²) in [7, 11) is 0. The molecule has 1 aliphatic rings. The van der Waals surface area contributed by atoms with Crippen molar-refractivity contribution in [2.24, 2.45) is 0 Å². The summed E-state index contributed by atoms with van der Waals surface area (Å²) in [5.41, 5.74) is 1.82. The zero-order valence-electron chi connectivity index (χ0n) is 8.96. The van der Waals surface area contributed by atoms with E-state index >= 15 is 0 Å². The molecule has 0 aliphatic carbocycles. The van der Waals surface area contributed by atoms with Crippen LogP contribution in [0.4, 0.5) is 10.1 Å². The van der Waals surface area contributed by atoms with Crippen molar-refractivity contribution in [2.45, 2.75) is 25.6 Å². The van der Waals surface area contributed by atoms with Crippen molar-refractivity contribution >= 4 is 5.69 Å². The molecule has 82 valence electrons. The van der Waals surface area contributed by atoms with Gasteiger partial charge in [-0.1, -0.05) is 12.1 Å². The molecule has 1 aliphatic heterocycles. The Labute approximate surface area is 89.9 Å². The van der Waals surface area contributed by atoms with Crippen molar-refractivity contribution in [1.82, 2.24) is 5.32 Å². The fraction of sp³-hybridized carbons (Fsp3) is 0.500. The van der Waals surface area contributed by atoms with Crippen LogP contribution in [0.2, 0.25) is 0 Å². The number of halogens is 1. The third kappa shape index (κ3) is 2.69. The molecule has 2 unspecified atom stereocenters. The first kappa shape index (κ1) is 10.4. The fourth-order valence-corrected chi connectivity index (χ4v) is 1.86. The lowest BCUT2D eigenvalue weighted by atomic mass is 10.1. The van der Waals surface area contributed by atoms with E-state index in [1.54, 1.807) is 6.92 Å². The SMILES string of the molecule is CC(F)c1ccc(NC2CCNC2)cc1. The summed E-state index contributed by atoms with van der Waals surface area (Å²) < 4.78 is 12.9. The van der Waals surface area contributed by atoms with Gasteiger partial charge in [0.2, 0.25) is 0 Å². The average Bonchev–Trinajstić information content (AvgIpc) is 2.71. The first-order valence-electron chi connectivity index (χ1n) is 5.47. The standard InChI is InChI=1S/C12H17FN2/c1-9(13)10-2-4-11(5-3-10)15-12-6-7-14-8-12/h2-5,9,12,14-15H,6-8H2,1H3. The topological polar surface area (TPSA) is 24.1 Å². The van der Waals surface area contributed by atoms with E-state index in [2.05, 4.69) is 10.6 Å². The molecule has 0 saturated carbocycles. The molecule has 0 bridgehead atoms. The normalized spacial score (nSPS) is 22.7. The van der Waals surface area contributed by atoms with E-state index in [0.717, 1.165) is 30.8 Å². The van der Waals surface area contributed by atoms with E-state index < -0.39 is 6.17 Å². The van der Waals surface area contributed by atoms with E-state index in [1.807, 2.05) is 24.3 Å². The molecule has 3 heteroatoms. The third-order valence-corrected chi connectivity index (χ3v) is 2.80. The minimum Gasteiger partial charge on any atom is -0.381 e. The second-order valence-electron chi connectivity index (χ2n) is 4.07. The van der Waals surface area contributed by atoms with Gasteiger partial charge in [0.1, 0.15) is 6.17 Å². The Balaban J connectivity index is 1.97. The van der Waals surface area contributed by atoms with Crippen LogP contribution in [0.3, 0.4) is 0 Å². The molecule has 0 aromatic heterocycles. The number of benzene rings is 1. The van der Waals surface area contributed by atoms with Gasteiger partial charge in [-0.05, 0) is 37.6 Å². The largest absolute Gasteiger partial charge is 0.381 e. The minimum absolute atomic E-state index is 0.513. The van der Waals surface area contributed by atoms with Crippen LogP contribution in [0.1, 0.15) is 25.1 Å². The van der Waals surface area contributed by atoms with Crippen molar-refractivity contribution in [1.29, 1.82) is 0 Å². The maximum Gasteiger partial charge on any atom is 0.122 e. The third-order valence-electron chi connectivity index (χ3n) is 2.80. The monoisotopic (exact) mass is 208 g/mol. The van der Waals surface area contributed by atoms with E-state index in [9.17, 15) is 4.39 Å². The maximum absolute atomic E-state index is 12.9. The fourth-order valence-electron chi connectivity index (χ4n) is 1.86. The van der Waals surface area contributed by atoms with Gasteiger partial charge in [-0.2, -0.15) is 0 Å². The van der Waals surface area contributed by atoms with Crippen LogP contribution in [0.5, 0.6) is 0 Å². The average molecular weight is 208 g/mol. The van der Waals surface area contributed by atoms with Crippen molar-refractivity contribution in [3.8, 4) is 0 Å². The Bertz CT molecular complexity index is 302. The summed E-state index contributed by atoms with van der Waals surface area (Å²) >= 11 is 0. The summed E-state index contributed by atoms with van der Waals surface area (Å²) in [6, 6.07) is 8.09. The summed E-state index contributed by atoms with van der Waals surface area (Å²) in [6.07, 6.45) is 0.272. The van der Waals surface area contributed by atoms with Crippen LogP contribution in [0.15, 0.2) is 24.3 Å². The van der Waals surface area contributed by atoms with E-state index in [4.69, 9.17) is 0 Å². The van der Waals surface area contributed by atoms with Crippen molar-refractivity contribution in [2.75, 3.05) is 18.4 Å². The van der Waals surface area contributed by atoms with Gasteiger partial charge in [-0.3, -0.25) is 0 Å². The molecular formula is C12H17FN2. The Morgan fingerprint density at radius 3 is 2.67 bits per heavy atom. The zero-order chi connectivity index (χ0) is 10.7. The quantitative estimate of drug-likeness (QED) is 0.797. The van der Waals surface area contributed by atoms with E-state index in [-0.39, 0.29) is 0 Å². The van der Waals surface area contributed by atoms with Gasteiger partial charge in [0.15, 0.2) is 0 Å². The highest BCUT2D eigenvalue weighted by Crippen LogP contribution is 2.19. The molecule has 1 aromatic rings. The van der Waals surface area contributed by atoms with Crippen molar-refractivity contribution in [3.05, 3.63) is 29.8 Å². The number of hydrogen-bond acceptors (Lipinski definition) is 2. The highest BCUT2D eigenvalue weighted by Gasteiger charge is 2.13. The molecular weight excluding hydrogens is 191 g/mol. The van der Waals surface area contributed by atoms with Crippen LogP contribution in [-0.4, -0.2) is 19.1 Å². The molecule has 2 N–H and O–H groups in total. The first-order valence-corrected chi connectivity index (χ1v) is 5.47. The molecule has 1 aromatic carbocycles. The van der Waals surface area contributed by atoms with Crippen LogP contribution < -0.4 is 10.6 Å². The molecule has 1 fully saturated rings. The molecule has 1 heterocycles. The molecule has 2 atom stereocenters. The lowest BCUT2D eigenvalue weighted by molar-refractivity contribution is 0.374. The van der Waals surface area contributed by atoms with Gasteiger partial charge in [0.25, 0.3) is 0 Å². The molecule has 0 amide bonds. The predicted octanol–water partition coefficient (Wildman–Crippen LogP) is 2.49. The van der Waals surface area contributed by atoms with Crippen LogP contribution in [-0.2, 0) is 0 Å². The van der Waals surface area contributed by atoms with Gasteiger partial charge < -0.3 is 10.6 Å². The van der Waals surface area contributed by atoms with Gasteiger partial charge in [0.05, 0.1) is 0 Å². The number of anilines is 1. The molecule has 0 spiro atoms. The Hall–Kier alpha value is -1.09. The lowest BCUT2D eigenvalue weighted by Gasteiger charge is -2.13. The number of alkyl halides is 1. The highest BCUT2D eigenvalue weighted by atomic mass is 19.1. The number of rotatable bonds is 3. The molecule has 2 rings (SSSR count). The maximum atomic E-state index is 12.9. The van der Waals surface area contributed by atoms with Crippen molar-refractivity contribution < 1.29 is 4.39 Å². The number of nitrogens with one attached hydrogen (secondary N) is 2. The Morgan fingerprint density at radius 1 is 1.40 bits per heavy atom. The van der Waals surface area contributed by atoms with Gasteiger partial charge in [-0.25, -0.2) is 4.39 Å². The number of hydrogen-bond donors (Lipinski definition) is 2. The van der Waals surface area contributed by atoms with Crippen LogP contribution >= 0.6 is 0 Å². The van der Waals surface area contributed by atoms with Gasteiger partial charge in [0, 0.05) is 18.3 Å². The lowest BCUT2D eigenvalue weighted by Crippen LogP contribution is -2.21. The summed E-state index contributed by atoms with van der Waals surface area (Å²) in [5, 5.41) is 6.72. The van der Waals surface area contributed by atoms with Crippen LogP contribution in [0.25, 0.3) is 0 Å². The van der Waals surface area contributed by atoms with Gasteiger partial charge >= 0.3 is 0 Å². The smallest absolute Gasteiger partial charge is 0.122 e. The Morgan fingerprint density at radius 2 is 2.13 bits per heavy atom. The summed E-state index contributed by atoms with van der Waals surface area (Å²) in [6.45, 7) is 3.65. The van der Waals surface area contributed by atoms with Crippen LogP contribution in [0, 0.1) is 0 Å². The minimum atomic E-state index is -0.882. The summed E-state index contributed by atoms with van der Waals surface area (Å²) in [4.78, 5) is 0. The summed E-state index contributed by atoms with van der Waals surface area (Å²) in [5.74, 6) is 0. The second-order valence-corrected chi connectivity index (χ2v) is 4.07. The van der Waals surface area contributed by atoms with Gasteiger partial charge in [-0.15, -0.1) is 0 Å². The molecule has 1 saturated heterocycles. The predicted molar refractivity (Wildman–Crippen MR) is 60.9 cm³/mol. The molecule has 2 nitrogen and oxygen atoms in total.